The van der Waals surface area contributed by atoms with Gasteiger partial charge in [-0.2, -0.15) is 0 Å². The molecular weight excluding hydrogens is 352 g/mol. The second kappa shape index (κ2) is 7.89. The van der Waals surface area contributed by atoms with Crippen LogP contribution in [-0.2, 0) is 27.2 Å². The lowest BCUT2D eigenvalue weighted by molar-refractivity contribution is -0.153. The first-order chi connectivity index (χ1) is 13.6. The third-order valence-corrected chi connectivity index (χ3v) is 5.31. The molecule has 1 aliphatic rings. The molecular formula is C23H24N2O3. The van der Waals surface area contributed by atoms with E-state index < -0.39 is 6.10 Å². The Labute approximate surface area is 164 Å². The first-order valence-corrected chi connectivity index (χ1v) is 9.77. The van der Waals surface area contributed by atoms with Crippen LogP contribution in [0, 0.1) is 0 Å². The van der Waals surface area contributed by atoms with Crippen LogP contribution in [0.15, 0.2) is 54.7 Å². The maximum atomic E-state index is 12.8. The van der Waals surface area contributed by atoms with E-state index in [1.165, 1.54) is 5.56 Å². The lowest BCUT2D eigenvalue weighted by atomic mass is 10.0. The molecule has 0 spiro atoms. The van der Waals surface area contributed by atoms with Crippen LogP contribution in [0.25, 0.3) is 10.9 Å². The number of aromatic amines is 1. The van der Waals surface area contributed by atoms with Crippen LogP contribution < -0.4 is 4.90 Å². The van der Waals surface area contributed by atoms with Crippen LogP contribution in [-0.4, -0.2) is 29.5 Å². The Kier molecular flexibility index (Phi) is 5.15. The van der Waals surface area contributed by atoms with Crippen LogP contribution in [0.3, 0.4) is 0 Å². The van der Waals surface area contributed by atoms with E-state index in [0.717, 1.165) is 35.0 Å². The minimum atomic E-state index is -0.790. The summed E-state index contributed by atoms with van der Waals surface area (Å²) in [7, 11) is 0. The first kappa shape index (κ1) is 18.3. The number of rotatable bonds is 5. The number of nitrogens with one attached hydrogen (secondary N) is 1. The number of fused-ring (bicyclic) bond motifs is 2. The molecule has 0 radical (unpaired) electrons. The predicted molar refractivity (Wildman–Crippen MR) is 109 cm³/mol. The number of benzene rings is 2. The number of hydrogen-bond acceptors (Lipinski definition) is 3. The number of hydrogen-bond donors (Lipinski definition) is 1. The Morgan fingerprint density at radius 1 is 1.14 bits per heavy atom. The van der Waals surface area contributed by atoms with Crippen LogP contribution in [0.4, 0.5) is 5.69 Å². The Bertz CT molecular complexity index is 1010. The fraction of sp³-hybridized carbons (Fsp3) is 0.304. The van der Waals surface area contributed by atoms with Crippen LogP contribution in [0.5, 0.6) is 0 Å². The van der Waals surface area contributed by atoms with Gasteiger partial charge in [-0.05, 0) is 49.4 Å². The van der Waals surface area contributed by atoms with E-state index in [4.69, 9.17) is 4.74 Å². The highest BCUT2D eigenvalue weighted by Gasteiger charge is 2.28. The van der Waals surface area contributed by atoms with Crippen molar-refractivity contribution in [2.75, 3.05) is 11.4 Å². The summed E-state index contributed by atoms with van der Waals surface area (Å²) in [6.45, 7) is 2.32. The molecule has 1 N–H and O–H groups in total. The van der Waals surface area contributed by atoms with Gasteiger partial charge in [-0.15, -0.1) is 0 Å². The summed E-state index contributed by atoms with van der Waals surface area (Å²) in [5.41, 5.74) is 4.23. The van der Waals surface area contributed by atoms with Crippen molar-refractivity contribution in [2.45, 2.75) is 38.7 Å². The van der Waals surface area contributed by atoms with Crippen molar-refractivity contribution in [3.63, 3.8) is 0 Å². The minimum absolute atomic E-state index is 0.160. The second-order valence-electron chi connectivity index (χ2n) is 7.21. The molecule has 3 aromatic rings. The van der Waals surface area contributed by atoms with Crippen LogP contribution in [0.2, 0.25) is 0 Å². The molecule has 28 heavy (non-hydrogen) atoms. The second-order valence-corrected chi connectivity index (χ2v) is 7.21. The molecule has 5 heteroatoms. The zero-order valence-corrected chi connectivity index (χ0v) is 16.0. The highest BCUT2D eigenvalue weighted by Crippen LogP contribution is 2.27. The number of amides is 1. The molecule has 1 aliphatic heterocycles. The van der Waals surface area contributed by atoms with Crippen molar-refractivity contribution in [3.05, 3.63) is 65.9 Å². The van der Waals surface area contributed by atoms with E-state index in [9.17, 15) is 9.59 Å². The molecule has 0 bridgehead atoms. The number of anilines is 1. The average molecular weight is 376 g/mol. The summed E-state index contributed by atoms with van der Waals surface area (Å²) in [5.74, 6) is -0.510. The molecule has 0 fully saturated rings. The normalized spacial score (nSPS) is 14.5. The SMILES string of the molecule is CC(OC(=O)CCc1c[nH]c2ccccc12)C(=O)N1CCCc2ccccc21. The van der Waals surface area contributed by atoms with Gasteiger partial charge in [-0.3, -0.25) is 9.59 Å². The Balaban J connectivity index is 1.36. The summed E-state index contributed by atoms with van der Waals surface area (Å²) >= 11 is 0. The number of ether oxygens (including phenoxy) is 1. The number of aryl methyl sites for hydroxylation is 2. The monoisotopic (exact) mass is 376 g/mol. The summed E-state index contributed by atoms with van der Waals surface area (Å²) in [6, 6.07) is 15.9. The molecule has 0 saturated carbocycles. The third kappa shape index (κ3) is 3.65. The Morgan fingerprint density at radius 2 is 1.93 bits per heavy atom. The van der Waals surface area contributed by atoms with Crippen molar-refractivity contribution >= 4 is 28.5 Å². The van der Waals surface area contributed by atoms with Gasteiger partial charge in [-0.25, -0.2) is 0 Å². The number of H-pyrrole nitrogens is 1. The number of carbonyl (C=O) groups is 2. The lowest BCUT2D eigenvalue weighted by Crippen LogP contribution is -2.42. The molecule has 1 amide bonds. The largest absolute Gasteiger partial charge is 0.453 e. The van der Waals surface area contributed by atoms with Crippen LogP contribution in [0.1, 0.15) is 30.9 Å². The standard InChI is InChI=1S/C23H24N2O3/c1-16(23(27)25-14-6-8-17-7-2-5-11-21(17)25)28-22(26)13-12-18-15-24-20-10-4-3-9-19(18)20/h2-5,7,9-11,15-16,24H,6,8,12-14H2,1H3. The zero-order valence-electron chi connectivity index (χ0n) is 16.0. The van der Waals surface area contributed by atoms with Gasteiger partial charge in [0.05, 0.1) is 0 Å². The fourth-order valence-electron chi connectivity index (χ4n) is 3.86. The van der Waals surface area contributed by atoms with Gasteiger partial charge in [0, 0.05) is 35.8 Å². The smallest absolute Gasteiger partial charge is 0.306 e. The molecule has 4 rings (SSSR count). The van der Waals surface area contributed by atoms with E-state index in [-0.39, 0.29) is 18.3 Å². The molecule has 1 aromatic heterocycles. The number of nitrogens with zero attached hydrogens (tertiary/aromatic N) is 1. The maximum Gasteiger partial charge on any atom is 0.306 e. The van der Waals surface area contributed by atoms with Gasteiger partial charge < -0.3 is 14.6 Å². The number of esters is 1. The van der Waals surface area contributed by atoms with Crippen molar-refractivity contribution in [1.82, 2.24) is 4.98 Å². The van der Waals surface area contributed by atoms with Gasteiger partial charge >= 0.3 is 5.97 Å². The highest BCUT2D eigenvalue weighted by atomic mass is 16.5. The number of aromatic nitrogens is 1. The molecule has 5 nitrogen and oxygen atoms in total. The number of para-hydroxylation sites is 2. The van der Waals surface area contributed by atoms with E-state index in [1.54, 1.807) is 11.8 Å². The van der Waals surface area contributed by atoms with Gasteiger partial charge in [-0.1, -0.05) is 36.4 Å². The van der Waals surface area contributed by atoms with Crippen molar-refractivity contribution < 1.29 is 14.3 Å². The molecule has 0 aliphatic carbocycles. The predicted octanol–water partition coefficient (Wildman–Crippen LogP) is 4.01. The van der Waals surface area contributed by atoms with E-state index in [1.807, 2.05) is 54.7 Å². The van der Waals surface area contributed by atoms with Crippen LogP contribution >= 0.6 is 0 Å². The summed E-state index contributed by atoms with van der Waals surface area (Å²) in [5, 5.41) is 1.12. The Morgan fingerprint density at radius 3 is 2.82 bits per heavy atom. The summed E-state index contributed by atoms with van der Waals surface area (Å²) < 4.78 is 5.45. The minimum Gasteiger partial charge on any atom is -0.453 e. The molecule has 1 unspecified atom stereocenters. The van der Waals surface area contributed by atoms with Gasteiger partial charge in [0.1, 0.15) is 0 Å². The summed E-state index contributed by atoms with van der Waals surface area (Å²) in [6.07, 6.45) is 3.85. The third-order valence-electron chi connectivity index (χ3n) is 5.31. The quantitative estimate of drug-likeness (QED) is 0.685. The van der Waals surface area contributed by atoms with E-state index >= 15 is 0 Å². The van der Waals surface area contributed by atoms with Gasteiger partial charge in [0.25, 0.3) is 5.91 Å². The highest BCUT2D eigenvalue weighted by molar-refractivity contribution is 5.98. The lowest BCUT2D eigenvalue weighted by Gasteiger charge is -2.31. The summed E-state index contributed by atoms with van der Waals surface area (Å²) in [4.78, 5) is 30.1. The van der Waals surface area contributed by atoms with Gasteiger partial charge in [0.15, 0.2) is 6.10 Å². The van der Waals surface area contributed by atoms with E-state index in [0.29, 0.717) is 13.0 Å². The van der Waals surface area contributed by atoms with Crippen molar-refractivity contribution in [1.29, 1.82) is 0 Å². The molecule has 0 saturated heterocycles. The van der Waals surface area contributed by atoms with Gasteiger partial charge in [0.2, 0.25) is 0 Å². The average Bonchev–Trinajstić information content (AvgIpc) is 3.14. The zero-order chi connectivity index (χ0) is 19.5. The first-order valence-electron chi connectivity index (χ1n) is 9.77. The van der Waals surface area contributed by atoms with Crippen molar-refractivity contribution in [2.24, 2.45) is 0 Å². The number of carbonyl (C=O) groups excluding carboxylic acids is 2. The maximum absolute atomic E-state index is 12.8. The Hall–Kier alpha value is -3.08. The molecule has 1 atom stereocenters. The fourth-order valence-corrected chi connectivity index (χ4v) is 3.86. The molecule has 144 valence electrons. The molecule has 2 heterocycles. The molecule has 2 aromatic carbocycles. The van der Waals surface area contributed by atoms with E-state index in [2.05, 4.69) is 4.98 Å². The van der Waals surface area contributed by atoms with Crippen molar-refractivity contribution in [3.8, 4) is 0 Å². The topological polar surface area (TPSA) is 62.4 Å².